The van der Waals surface area contributed by atoms with E-state index in [1.807, 2.05) is 36.4 Å². The number of rotatable bonds is 4. The number of methoxy groups -OCH3 is 1. The monoisotopic (exact) mass is 484 g/mol. The third-order valence-corrected chi connectivity index (χ3v) is 4.61. The van der Waals surface area contributed by atoms with Crippen LogP contribution in [-0.2, 0) is 6.54 Å². The number of para-hydroxylation sites is 1. The molecule has 0 atom stereocenters. The first-order valence-corrected chi connectivity index (χ1v) is 8.79. The van der Waals surface area contributed by atoms with E-state index in [4.69, 9.17) is 4.74 Å². The van der Waals surface area contributed by atoms with Crippen molar-refractivity contribution < 1.29 is 9.13 Å². The van der Waals surface area contributed by atoms with Crippen molar-refractivity contribution in [2.75, 3.05) is 45.2 Å². The van der Waals surface area contributed by atoms with Crippen LogP contribution in [0.4, 0.5) is 10.1 Å². The van der Waals surface area contributed by atoms with E-state index in [2.05, 4.69) is 20.1 Å². The molecule has 1 aliphatic heterocycles. The third kappa shape index (κ3) is 5.47. The fourth-order valence-electron chi connectivity index (χ4n) is 3.18. The van der Waals surface area contributed by atoms with Gasteiger partial charge in [-0.25, -0.2) is 4.39 Å². The molecule has 0 spiro atoms. The largest absolute Gasteiger partial charge is 0.496 e. The zero-order valence-electron chi connectivity index (χ0n) is 15.7. The Kier molecular flexibility index (Phi) is 8.15. The van der Waals surface area contributed by atoms with Gasteiger partial charge < -0.3 is 19.9 Å². The average Bonchev–Trinajstić information content (AvgIpc) is 2.70. The number of halogens is 2. The number of ether oxygens (including phenoxy) is 1. The molecular formula is C20H26FIN4O. The lowest BCUT2D eigenvalue weighted by Crippen LogP contribution is -2.52. The van der Waals surface area contributed by atoms with Crippen molar-refractivity contribution in [3.63, 3.8) is 0 Å². The molecule has 0 bridgehead atoms. The zero-order chi connectivity index (χ0) is 18.4. The summed E-state index contributed by atoms with van der Waals surface area (Å²) in [5.41, 5.74) is 2.16. The molecule has 1 aliphatic rings. The van der Waals surface area contributed by atoms with Crippen LogP contribution in [0.15, 0.2) is 53.5 Å². The molecule has 2 aromatic carbocycles. The zero-order valence-corrected chi connectivity index (χ0v) is 18.0. The molecule has 0 amide bonds. The Morgan fingerprint density at radius 3 is 2.37 bits per heavy atom. The molecule has 0 radical (unpaired) electrons. The highest BCUT2D eigenvalue weighted by molar-refractivity contribution is 14.0. The molecule has 3 rings (SSSR count). The Hall–Kier alpha value is -2.03. The average molecular weight is 484 g/mol. The number of guanidine groups is 1. The third-order valence-electron chi connectivity index (χ3n) is 4.61. The predicted molar refractivity (Wildman–Crippen MR) is 119 cm³/mol. The Balaban J connectivity index is 0.00000261. The van der Waals surface area contributed by atoms with Crippen molar-refractivity contribution in [3.05, 3.63) is 59.9 Å². The minimum absolute atomic E-state index is 0. The molecular weight excluding hydrogens is 458 g/mol. The second-order valence-corrected chi connectivity index (χ2v) is 6.16. The van der Waals surface area contributed by atoms with E-state index >= 15 is 0 Å². The second kappa shape index (κ2) is 10.3. The maximum Gasteiger partial charge on any atom is 0.194 e. The van der Waals surface area contributed by atoms with E-state index in [-0.39, 0.29) is 29.8 Å². The highest BCUT2D eigenvalue weighted by atomic mass is 127. The molecule has 2 aromatic rings. The summed E-state index contributed by atoms with van der Waals surface area (Å²) >= 11 is 0. The Morgan fingerprint density at radius 1 is 1.07 bits per heavy atom. The number of piperazine rings is 1. The number of aliphatic imine (C=N–C) groups is 1. The lowest BCUT2D eigenvalue weighted by molar-refractivity contribution is 0.371. The van der Waals surface area contributed by atoms with Gasteiger partial charge in [0, 0.05) is 51.0 Å². The van der Waals surface area contributed by atoms with E-state index < -0.39 is 0 Å². The van der Waals surface area contributed by atoms with Crippen molar-refractivity contribution in [2.45, 2.75) is 6.54 Å². The number of hydrogen-bond donors (Lipinski definition) is 1. The summed E-state index contributed by atoms with van der Waals surface area (Å²) in [6.07, 6.45) is 0. The summed E-state index contributed by atoms with van der Waals surface area (Å²) < 4.78 is 18.5. The molecule has 5 nitrogen and oxygen atoms in total. The summed E-state index contributed by atoms with van der Waals surface area (Å²) in [6, 6.07) is 14.7. The van der Waals surface area contributed by atoms with E-state index in [0.717, 1.165) is 49.1 Å². The van der Waals surface area contributed by atoms with Crippen LogP contribution in [0.5, 0.6) is 5.75 Å². The molecule has 0 unspecified atom stereocenters. The molecule has 0 aliphatic carbocycles. The molecule has 0 aromatic heterocycles. The summed E-state index contributed by atoms with van der Waals surface area (Å²) in [7, 11) is 3.49. The summed E-state index contributed by atoms with van der Waals surface area (Å²) in [6.45, 7) is 4.14. The van der Waals surface area contributed by atoms with Crippen LogP contribution in [0.2, 0.25) is 0 Å². The number of benzene rings is 2. The molecule has 1 N–H and O–H groups in total. The summed E-state index contributed by atoms with van der Waals surface area (Å²) in [5.74, 6) is 1.56. The molecule has 1 saturated heterocycles. The topological polar surface area (TPSA) is 40.1 Å². The van der Waals surface area contributed by atoms with E-state index in [9.17, 15) is 4.39 Å². The van der Waals surface area contributed by atoms with Crippen LogP contribution in [0, 0.1) is 5.82 Å². The Labute approximate surface area is 177 Å². The molecule has 7 heteroatoms. The van der Waals surface area contributed by atoms with Gasteiger partial charge in [-0.1, -0.05) is 18.2 Å². The lowest BCUT2D eigenvalue weighted by atomic mass is 10.2. The van der Waals surface area contributed by atoms with Crippen LogP contribution >= 0.6 is 24.0 Å². The van der Waals surface area contributed by atoms with Crippen LogP contribution in [0.1, 0.15) is 5.56 Å². The van der Waals surface area contributed by atoms with Gasteiger partial charge in [-0.2, -0.15) is 0 Å². The number of hydrogen-bond acceptors (Lipinski definition) is 3. The van der Waals surface area contributed by atoms with Crippen molar-refractivity contribution in [2.24, 2.45) is 4.99 Å². The number of anilines is 1. The van der Waals surface area contributed by atoms with E-state index in [1.54, 1.807) is 14.2 Å². The standard InChI is InChI=1S/C20H25FN4O.HI/c1-22-20(23-15-16-5-3-4-6-19(16)26-2)25-13-11-24(12-14-25)18-9-7-17(21)8-10-18;/h3-10H,11-15H2,1-2H3,(H,22,23);1H. The van der Waals surface area contributed by atoms with Crippen molar-refractivity contribution >= 4 is 35.6 Å². The van der Waals surface area contributed by atoms with Crippen molar-refractivity contribution in [3.8, 4) is 5.75 Å². The van der Waals surface area contributed by atoms with Crippen molar-refractivity contribution in [1.29, 1.82) is 0 Å². The molecule has 1 fully saturated rings. The van der Waals surface area contributed by atoms with Gasteiger partial charge in [-0.05, 0) is 30.3 Å². The van der Waals surface area contributed by atoms with Gasteiger partial charge in [0.05, 0.1) is 7.11 Å². The van der Waals surface area contributed by atoms with E-state index in [1.165, 1.54) is 12.1 Å². The first-order valence-electron chi connectivity index (χ1n) is 8.79. The van der Waals surface area contributed by atoms with Crippen LogP contribution < -0.4 is 15.0 Å². The highest BCUT2D eigenvalue weighted by Gasteiger charge is 2.20. The fraction of sp³-hybridized carbons (Fsp3) is 0.350. The highest BCUT2D eigenvalue weighted by Crippen LogP contribution is 2.18. The van der Waals surface area contributed by atoms with Gasteiger partial charge in [0.15, 0.2) is 5.96 Å². The number of nitrogens with zero attached hydrogens (tertiary/aromatic N) is 3. The molecule has 0 saturated carbocycles. The quantitative estimate of drug-likeness (QED) is 0.411. The van der Waals surface area contributed by atoms with Gasteiger partial charge in [-0.15, -0.1) is 24.0 Å². The number of nitrogens with one attached hydrogen (secondary N) is 1. The normalized spacial score (nSPS) is 14.6. The van der Waals surface area contributed by atoms with Gasteiger partial charge >= 0.3 is 0 Å². The molecule has 1 heterocycles. The van der Waals surface area contributed by atoms with Gasteiger partial charge in [0.25, 0.3) is 0 Å². The Morgan fingerprint density at radius 2 is 1.74 bits per heavy atom. The minimum atomic E-state index is -0.201. The van der Waals surface area contributed by atoms with Crippen LogP contribution in [0.3, 0.4) is 0 Å². The predicted octanol–water partition coefficient (Wildman–Crippen LogP) is 3.35. The minimum Gasteiger partial charge on any atom is -0.496 e. The molecule has 27 heavy (non-hydrogen) atoms. The maximum atomic E-state index is 13.1. The summed E-state index contributed by atoms with van der Waals surface area (Å²) in [4.78, 5) is 8.93. The lowest BCUT2D eigenvalue weighted by Gasteiger charge is -2.37. The van der Waals surface area contributed by atoms with Gasteiger partial charge in [-0.3, -0.25) is 4.99 Å². The maximum absolute atomic E-state index is 13.1. The van der Waals surface area contributed by atoms with Crippen LogP contribution in [0.25, 0.3) is 0 Å². The van der Waals surface area contributed by atoms with Gasteiger partial charge in [0.1, 0.15) is 11.6 Å². The Bertz CT molecular complexity index is 746. The summed E-state index contributed by atoms with van der Waals surface area (Å²) in [5, 5.41) is 3.42. The smallest absolute Gasteiger partial charge is 0.194 e. The molecule has 146 valence electrons. The second-order valence-electron chi connectivity index (χ2n) is 6.16. The fourth-order valence-corrected chi connectivity index (χ4v) is 3.18. The van der Waals surface area contributed by atoms with Crippen LogP contribution in [-0.4, -0.2) is 51.2 Å². The first-order chi connectivity index (χ1) is 12.7. The van der Waals surface area contributed by atoms with Gasteiger partial charge in [0.2, 0.25) is 0 Å². The van der Waals surface area contributed by atoms with Crippen molar-refractivity contribution in [1.82, 2.24) is 10.2 Å². The SMILES string of the molecule is CN=C(NCc1ccccc1OC)N1CCN(c2ccc(F)cc2)CC1.I. The van der Waals surface area contributed by atoms with E-state index in [0.29, 0.717) is 6.54 Å². The first kappa shape index (κ1) is 21.3.